The van der Waals surface area contributed by atoms with Crippen molar-refractivity contribution >= 4 is 50.6 Å². The first-order chi connectivity index (χ1) is 23.0. The molecule has 2 N–H and O–H groups in total. The number of rotatable bonds is 17. The van der Waals surface area contributed by atoms with Crippen molar-refractivity contribution in [3.05, 3.63) is 78.4 Å². The zero-order valence-corrected chi connectivity index (χ0v) is 29.6. The predicted octanol–water partition coefficient (Wildman–Crippen LogP) is 7.02. The highest BCUT2D eigenvalue weighted by Gasteiger charge is 2.42. The van der Waals surface area contributed by atoms with E-state index in [0.29, 0.717) is 22.7 Å². The van der Waals surface area contributed by atoms with Crippen LogP contribution in [0.2, 0.25) is 0 Å². The molecule has 0 bridgehead atoms. The number of carboxylic acids is 1. The molecule has 0 saturated carbocycles. The lowest BCUT2D eigenvalue weighted by Gasteiger charge is -2.37. The SMILES string of the molecule is CCCCC1(CCCC)CN(c2ccccc2)c2cc(SC)c(OCC(=O)C[C@@H](C(=O)NCC(=O)O)c3ccccc3)cc2S(=O)(=O)C1. The zero-order valence-electron chi connectivity index (χ0n) is 27.9. The van der Waals surface area contributed by atoms with Crippen LogP contribution in [0.5, 0.6) is 5.75 Å². The fraction of sp³-hybridized carbons (Fsp3) is 0.432. The van der Waals surface area contributed by atoms with Crippen LogP contribution in [-0.2, 0) is 24.2 Å². The van der Waals surface area contributed by atoms with Crippen molar-refractivity contribution in [1.82, 2.24) is 5.32 Å². The zero-order chi connectivity index (χ0) is 34.7. The van der Waals surface area contributed by atoms with Gasteiger partial charge in [0.2, 0.25) is 5.91 Å². The van der Waals surface area contributed by atoms with Crippen molar-refractivity contribution in [3.63, 3.8) is 0 Å². The average Bonchev–Trinajstić information content (AvgIpc) is 3.18. The van der Waals surface area contributed by atoms with E-state index in [1.165, 1.54) is 11.8 Å². The van der Waals surface area contributed by atoms with Crippen LogP contribution in [0, 0.1) is 5.41 Å². The molecule has 0 fully saturated rings. The highest BCUT2D eigenvalue weighted by atomic mass is 32.2. The number of anilines is 2. The smallest absolute Gasteiger partial charge is 0.322 e. The number of carbonyl (C=O) groups is 3. The monoisotopic (exact) mass is 694 g/mol. The lowest BCUT2D eigenvalue weighted by Crippen LogP contribution is -2.38. The minimum Gasteiger partial charge on any atom is -0.485 e. The maximum Gasteiger partial charge on any atom is 0.322 e. The van der Waals surface area contributed by atoms with Gasteiger partial charge in [0.1, 0.15) is 18.9 Å². The van der Waals surface area contributed by atoms with Crippen LogP contribution in [0.4, 0.5) is 11.4 Å². The van der Waals surface area contributed by atoms with Crippen molar-refractivity contribution in [2.24, 2.45) is 5.41 Å². The number of amides is 1. The van der Waals surface area contributed by atoms with Gasteiger partial charge < -0.3 is 20.1 Å². The Morgan fingerprint density at radius 1 is 0.979 bits per heavy atom. The third-order valence-corrected chi connectivity index (χ3v) is 11.6. The third kappa shape index (κ3) is 9.41. The number of para-hydroxylation sites is 1. The first-order valence-corrected chi connectivity index (χ1v) is 19.4. The van der Waals surface area contributed by atoms with Crippen molar-refractivity contribution in [1.29, 1.82) is 0 Å². The standard InChI is InChI=1S/C37H46N2O7S2/c1-4-6-18-37(19-7-5-2)25-39(28-16-12-9-13-17-28)31-21-33(47-3)32(22-34(31)48(44,45)26-37)46-24-29(40)20-30(27-14-10-8-11-15-27)36(43)38-23-35(41)42/h8-17,21-22,30H,4-7,18-20,23-26H2,1-3H3,(H,38,43)(H,41,42)/t30-/m1/s1. The molecule has 0 spiro atoms. The Balaban J connectivity index is 1.68. The topological polar surface area (TPSA) is 130 Å². The third-order valence-electron chi connectivity index (χ3n) is 8.80. The Morgan fingerprint density at radius 2 is 1.60 bits per heavy atom. The summed E-state index contributed by atoms with van der Waals surface area (Å²) in [5.74, 6) is -2.75. The normalized spacial score (nSPS) is 15.5. The van der Waals surface area contributed by atoms with Gasteiger partial charge in [0.05, 0.1) is 27.1 Å². The van der Waals surface area contributed by atoms with E-state index in [1.54, 1.807) is 36.4 Å². The highest BCUT2D eigenvalue weighted by Crippen LogP contribution is 2.47. The second-order valence-electron chi connectivity index (χ2n) is 12.5. The van der Waals surface area contributed by atoms with Gasteiger partial charge in [-0.2, -0.15) is 0 Å². The van der Waals surface area contributed by atoms with Gasteiger partial charge in [-0.05, 0) is 42.9 Å². The summed E-state index contributed by atoms with van der Waals surface area (Å²) in [4.78, 5) is 40.3. The number of sulfone groups is 1. The Morgan fingerprint density at radius 3 is 2.19 bits per heavy atom. The van der Waals surface area contributed by atoms with Gasteiger partial charge in [-0.15, -0.1) is 11.8 Å². The van der Waals surface area contributed by atoms with Crippen molar-refractivity contribution in [2.75, 3.05) is 36.6 Å². The number of ether oxygens (including phenoxy) is 1. The van der Waals surface area contributed by atoms with E-state index in [9.17, 15) is 22.8 Å². The Labute approximate surface area is 288 Å². The number of unbranched alkanes of at least 4 members (excludes halogenated alkanes) is 2. The highest BCUT2D eigenvalue weighted by molar-refractivity contribution is 7.98. The van der Waals surface area contributed by atoms with Gasteiger partial charge in [0.15, 0.2) is 15.6 Å². The van der Waals surface area contributed by atoms with Gasteiger partial charge in [0, 0.05) is 30.1 Å². The van der Waals surface area contributed by atoms with Gasteiger partial charge in [-0.1, -0.05) is 88.1 Å². The lowest BCUT2D eigenvalue weighted by atomic mass is 9.79. The molecule has 3 aromatic rings. The van der Waals surface area contributed by atoms with Crippen LogP contribution in [0.25, 0.3) is 0 Å². The first kappa shape index (κ1) is 37.0. The van der Waals surface area contributed by atoms with Crippen molar-refractivity contribution < 1.29 is 32.6 Å². The molecule has 0 saturated heterocycles. The van der Waals surface area contributed by atoms with Crippen LogP contribution in [-0.4, -0.2) is 62.9 Å². The lowest BCUT2D eigenvalue weighted by molar-refractivity contribution is -0.138. The number of carboxylic acid groups (broad SMARTS) is 1. The van der Waals surface area contributed by atoms with Gasteiger partial charge in [-0.25, -0.2) is 8.42 Å². The molecule has 4 rings (SSSR count). The molecule has 1 atom stereocenters. The van der Waals surface area contributed by atoms with Crippen molar-refractivity contribution in [3.8, 4) is 5.75 Å². The van der Waals surface area contributed by atoms with Gasteiger partial charge in [-0.3, -0.25) is 14.4 Å². The second kappa shape index (κ2) is 17.0. The number of fused-ring (bicyclic) bond motifs is 1. The summed E-state index contributed by atoms with van der Waals surface area (Å²) in [5, 5.41) is 11.4. The molecule has 258 valence electrons. The van der Waals surface area contributed by atoms with E-state index >= 15 is 0 Å². The predicted molar refractivity (Wildman–Crippen MR) is 190 cm³/mol. The maximum absolute atomic E-state index is 14.3. The molecule has 0 unspecified atom stereocenters. The Kier molecular flexibility index (Phi) is 13.1. The molecule has 0 radical (unpaired) electrons. The molecule has 0 aliphatic carbocycles. The number of ketones is 1. The van der Waals surface area contributed by atoms with E-state index in [0.717, 1.165) is 44.2 Å². The number of carbonyl (C=O) groups excluding carboxylic acids is 2. The molecule has 9 nitrogen and oxygen atoms in total. The molecule has 11 heteroatoms. The maximum atomic E-state index is 14.3. The quantitative estimate of drug-likeness (QED) is 0.143. The fourth-order valence-electron chi connectivity index (χ4n) is 6.36. The summed E-state index contributed by atoms with van der Waals surface area (Å²) in [6, 6.07) is 22.0. The second-order valence-corrected chi connectivity index (χ2v) is 15.3. The van der Waals surface area contributed by atoms with E-state index in [4.69, 9.17) is 9.84 Å². The summed E-state index contributed by atoms with van der Waals surface area (Å²) < 4.78 is 34.7. The van der Waals surface area contributed by atoms with E-state index < -0.39 is 39.6 Å². The summed E-state index contributed by atoms with van der Waals surface area (Å²) in [7, 11) is -3.77. The number of benzene rings is 3. The summed E-state index contributed by atoms with van der Waals surface area (Å²) in [5.41, 5.74) is 1.64. The number of aliphatic carboxylic acids is 1. The minimum atomic E-state index is -3.77. The summed E-state index contributed by atoms with van der Waals surface area (Å²) in [6.45, 7) is 3.87. The molecular weight excluding hydrogens is 649 g/mol. The number of nitrogens with one attached hydrogen (secondary N) is 1. The number of hydrogen-bond acceptors (Lipinski definition) is 8. The van der Waals surface area contributed by atoms with Crippen LogP contribution in [0.3, 0.4) is 0 Å². The first-order valence-electron chi connectivity index (χ1n) is 16.5. The summed E-state index contributed by atoms with van der Waals surface area (Å²) >= 11 is 1.40. The largest absolute Gasteiger partial charge is 0.485 e. The number of Topliss-reactive ketones (excluding diaryl/α,β-unsaturated/α-hetero) is 1. The fourth-order valence-corrected chi connectivity index (χ4v) is 9.02. The molecule has 1 amide bonds. The number of thioether (sulfide) groups is 1. The van der Waals surface area contributed by atoms with E-state index in [-0.39, 0.29) is 35.2 Å². The van der Waals surface area contributed by atoms with Crippen LogP contribution in [0.15, 0.2) is 82.6 Å². The van der Waals surface area contributed by atoms with Gasteiger partial charge >= 0.3 is 5.97 Å². The minimum absolute atomic E-state index is 0.0253. The Bertz CT molecular complexity index is 1660. The van der Waals surface area contributed by atoms with E-state index in [2.05, 4.69) is 24.1 Å². The van der Waals surface area contributed by atoms with E-state index in [1.807, 2.05) is 42.7 Å². The van der Waals surface area contributed by atoms with Crippen LogP contribution >= 0.6 is 11.8 Å². The number of hydrogen-bond donors (Lipinski definition) is 2. The summed E-state index contributed by atoms with van der Waals surface area (Å²) in [6.07, 6.45) is 7.08. The molecule has 48 heavy (non-hydrogen) atoms. The van der Waals surface area contributed by atoms with Crippen molar-refractivity contribution in [2.45, 2.75) is 74.5 Å². The molecule has 1 aliphatic heterocycles. The van der Waals surface area contributed by atoms with Crippen LogP contribution in [0.1, 0.15) is 70.3 Å². The molecule has 3 aromatic carbocycles. The van der Waals surface area contributed by atoms with Gasteiger partial charge in [0.25, 0.3) is 0 Å². The molecule has 0 aromatic heterocycles. The Hall–Kier alpha value is -3.83. The van der Waals surface area contributed by atoms with Crippen LogP contribution < -0.4 is 15.0 Å². The molecular formula is C37H46N2O7S2. The molecule has 1 aliphatic rings. The number of nitrogens with zero attached hydrogens (tertiary/aromatic N) is 1. The molecule has 1 heterocycles. The average molecular weight is 695 g/mol.